The molecule has 1 aromatic carbocycles. The monoisotopic (exact) mass is 603 g/mol. The van der Waals surface area contributed by atoms with E-state index < -0.39 is 5.82 Å². The molecule has 0 radical (unpaired) electrons. The maximum atomic E-state index is 14.9. The van der Waals surface area contributed by atoms with Gasteiger partial charge in [0, 0.05) is 68.5 Å². The van der Waals surface area contributed by atoms with Gasteiger partial charge in [-0.2, -0.15) is 0 Å². The van der Waals surface area contributed by atoms with Crippen molar-refractivity contribution in [1.82, 2.24) is 30.8 Å². The first-order valence-electron chi connectivity index (χ1n) is 14.6. The number of piperidine rings is 1. The molecular formula is C31H34FN7O3S. The van der Waals surface area contributed by atoms with Crippen molar-refractivity contribution < 1.29 is 18.7 Å². The van der Waals surface area contributed by atoms with Crippen molar-refractivity contribution in [3.05, 3.63) is 66.2 Å². The van der Waals surface area contributed by atoms with E-state index in [1.807, 2.05) is 25.3 Å². The van der Waals surface area contributed by atoms with E-state index in [0.717, 1.165) is 71.7 Å². The van der Waals surface area contributed by atoms with E-state index in [0.29, 0.717) is 18.0 Å². The fourth-order valence-corrected chi connectivity index (χ4v) is 6.08. The minimum absolute atomic E-state index is 0.0575. The number of hydrogen-bond donors (Lipinski definition) is 4. The van der Waals surface area contributed by atoms with E-state index >= 15 is 0 Å². The van der Waals surface area contributed by atoms with Crippen LogP contribution in [0.1, 0.15) is 38.2 Å². The molecule has 10 nitrogen and oxygen atoms in total. The minimum Gasteiger partial charge on any atom is -0.453 e. The number of halogens is 1. The quantitative estimate of drug-likeness (QED) is 0.190. The number of nitrogens with one attached hydrogen (secondary N) is 4. The topological polar surface area (TPSA) is 121 Å². The first-order chi connectivity index (χ1) is 20.9. The van der Waals surface area contributed by atoms with Gasteiger partial charge in [-0.1, -0.05) is 6.07 Å². The Labute approximate surface area is 253 Å². The van der Waals surface area contributed by atoms with Gasteiger partial charge in [0.25, 0.3) is 0 Å². The van der Waals surface area contributed by atoms with E-state index in [1.54, 1.807) is 18.3 Å². The SMILES string of the molecule is CCNC(=O)NC1CCN(Cc2ccc(-c3cc4nccc(Oc5ccc(NC(=O)NC6CC6)cc5F)c4s3)nc2)CC1. The molecule has 0 bridgehead atoms. The molecule has 0 atom stereocenters. The number of fused-ring (bicyclic) bond motifs is 1. The molecule has 1 saturated heterocycles. The Morgan fingerprint density at radius 2 is 1.77 bits per heavy atom. The number of carbonyl (C=O) groups excluding carboxylic acids is 2. The van der Waals surface area contributed by atoms with Gasteiger partial charge in [0.1, 0.15) is 5.75 Å². The third-order valence-corrected chi connectivity index (χ3v) is 8.60. The van der Waals surface area contributed by atoms with Crippen LogP contribution in [0, 0.1) is 5.82 Å². The largest absolute Gasteiger partial charge is 0.453 e. The lowest BCUT2D eigenvalue weighted by Gasteiger charge is -2.32. The molecule has 3 aromatic heterocycles. The van der Waals surface area contributed by atoms with Gasteiger partial charge in [0.05, 0.1) is 20.8 Å². The Morgan fingerprint density at radius 3 is 2.49 bits per heavy atom. The second-order valence-corrected chi connectivity index (χ2v) is 11.9. The number of thiophene rings is 1. The zero-order valence-electron chi connectivity index (χ0n) is 23.9. The molecule has 1 aliphatic carbocycles. The molecule has 6 rings (SSSR count). The number of amides is 4. The molecule has 224 valence electrons. The van der Waals surface area contributed by atoms with Gasteiger partial charge in [0.15, 0.2) is 11.6 Å². The Kier molecular flexibility index (Phi) is 8.66. The van der Waals surface area contributed by atoms with Crippen LogP contribution in [0.25, 0.3) is 20.8 Å². The third kappa shape index (κ3) is 7.38. The summed E-state index contributed by atoms with van der Waals surface area (Å²) in [4.78, 5) is 36.3. The van der Waals surface area contributed by atoms with Crippen LogP contribution >= 0.6 is 11.3 Å². The highest BCUT2D eigenvalue weighted by Crippen LogP contribution is 2.39. The van der Waals surface area contributed by atoms with Crippen LogP contribution in [-0.4, -0.2) is 58.6 Å². The van der Waals surface area contributed by atoms with Crippen molar-refractivity contribution >= 4 is 39.3 Å². The molecule has 4 heterocycles. The number of anilines is 1. The lowest BCUT2D eigenvalue weighted by Crippen LogP contribution is -2.47. The van der Waals surface area contributed by atoms with E-state index in [4.69, 9.17) is 9.72 Å². The normalized spacial score (nSPS) is 15.7. The fraction of sp³-hybridized carbons (Fsp3) is 0.355. The summed E-state index contributed by atoms with van der Waals surface area (Å²) in [6.45, 7) is 5.17. The molecule has 4 N–H and O–H groups in total. The summed E-state index contributed by atoms with van der Waals surface area (Å²) in [5.41, 5.74) is 3.05. The Bertz CT molecular complexity index is 1600. The summed E-state index contributed by atoms with van der Waals surface area (Å²) < 4.78 is 21.6. The molecular weight excluding hydrogens is 569 g/mol. The van der Waals surface area contributed by atoms with E-state index in [-0.39, 0.29) is 29.9 Å². The van der Waals surface area contributed by atoms with Crippen LogP contribution in [0.3, 0.4) is 0 Å². The molecule has 43 heavy (non-hydrogen) atoms. The number of hydrogen-bond acceptors (Lipinski definition) is 7. The maximum absolute atomic E-state index is 14.9. The molecule has 4 aromatic rings. The zero-order chi connectivity index (χ0) is 29.8. The highest BCUT2D eigenvalue weighted by molar-refractivity contribution is 7.22. The van der Waals surface area contributed by atoms with Crippen molar-refractivity contribution in [2.75, 3.05) is 25.0 Å². The molecule has 1 aliphatic heterocycles. The summed E-state index contributed by atoms with van der Waals surface area (Å²) >= 11 is 1.49. The lowest BCUT2D eigenvalue weighted by molar-refractivity contribution is 0.186. The van der Waals surface area contributed by atoms with Crippen LogP contribution in [-0.2, 0) is 6.54 Å². The molecule has 12 heteroatoms. The summed E-state index contributed by atoms with van der Waals surface area (Å²) in [7, 11) is 0. The number of carbonyl (C=O) groups is 2. The first kappa shape index (κ1) is 28.8. The van der Waals surface area contributed by atoms with E-state index in [2.05, 4.69) is 37.2 Å². The predicted molar refractivity (Wildman–Crippen MR) is 165 cm³/mol. The van der Waals surface area contributed by atoms with Crippen molar-refractivity contribution in [3.63, 3.8) is 0 Å². The molecule has 0 spiro atoms. The second kappa shape index (κ2) is 12.9. The van der Waals surface area contributed by atoms with Crippen LogP contribution < -0.4 is 26.0 Å². The van der Waals surface area contributed by atoms with Gasteiger partial charge in [-0.3, -0.25) is 14.9 Å². The van der Waals surface area contributed by atoms with Crippen LogP contribution in [0.2, 0.25) is 0 Å². The molecule has 2 fully saturated rings. The number of likely N-dealkylation sites (tertiary alicyclic amines) is 1. The van der Waals surface area contributed by atoms with Crippen molar-refractivity contribution in [1.29, 1.82) is 0 Å². The van der Waals surface area contributed by atoms with Gasteiger partial charge in [-0.25, -0.2) is 14.0 Å². The van der Waals surface area contributed by atoms with Crippen molar-refractivity contribution in [2.24, 2.45) is 0 Å². The lowest BCUT2D eigenvalue weighted by atomic mass is 10.0. The molecule has 0 unspecified atom stereocenters. The van der Waals surface area contributed by atoms with E-state index in [9.17, 15) is 14.0 Å². The van der Waals surface area contributed by atoms with Crippen LogP contribution in [0.5, 0.6) is 11.5 Å². The zero-order valence-corrected chi connectivity index (χ0v) is 24.7. The molecule has 2 aliphatic rings. The Hall–Kier alpha value is -4.29. The molecule has 1 saturated carbocycles. The summed E-state index contributed by atoms with van der Waals surface area (Å²) in [5.74, 6) is -0.0261. The highest BCUT2D eigenvalue weighted by atomic mass is 32.1. The number of nitrogens with zero attached hydrogens (tertiary/aromatic N) is 3. The van der Waals surface area contributed by atoms with Crippen LogP contribution in [0.15, 0.2) is 54.9 Å². The second-order valence-electron chi connectivity index (χ2n) is 10.9. The number of pyridine rings is 2. The van der Waals surface area contributed by atoms with Gasteiger partial charge in [-0.05, 0) is 62.4 Å². The number of rotatable bonds is 9. The maximum Gasteiger partial charge on any atom is 0.319 e. The van der Waals surface area contributed by atoms with Gasteiger partial charge < -0.3 is 26.0 Å². The Morgan fingerprint density at radius 1 is 0.977 bits per heavy atom. The third-order valence-electron chi connectivity index (χ3n) is 7.44. The number of benzene rings is 1. The predicted octanol–water partition coefficient (Wildman–Crippen LogP) is 5.86. The van der Waals surface area contributed by atoms with E-state index in [1.165, 1.54) is 23.5 Å². The van der Waals surface area contributed by atoms with Gasteiger partial charge in [0.2, 0.25) is 0 Å². The standard InChI is InChI=1S/C31H34FN7O3S/c1-2-33-30(40)36-21-10-13-39(14-11-21)18-19-3-7-24(35-17-19)28-16-25-29(43-28)27(9-12-34-25)42-26-8-6-22(15-23(26)32)38-31(41)37-20-4-5-20/h3,6-9,12,15-17,20-21H,2,4-5,10-11,13-14,18H2,1H3,(H2,33,36,40)(H2,37,38,41). The van der Waals surface area contributed by atoms with Gasteiger partial charge >= 0.3 is 12.1 Å². The first-order valence-corrected chi connectivity index (χ1v) is 15.4. The van der Waals surface area contributed by atoms with Crippen molar-refractivity contribution in [2.45, 2.75) is 51.2 Å². The van der Waals surface area contributed by atoms with Gasteiger partial charge in [-0.15, -0.1) is 11.3 Å². The fourth-order valence-electron chi connectivity index (χ4n) is 5.04. The number of urea groups is 2. The van der Waals surface area contributed by atoms with Crippen molar-refractivity contribution in [3.8, 4) is 22.1 Å². The number of aromatic nitrogens is 2. The summed E-state index contributed by atoms with van der Waals surface area (Å²) in [5, 5.41) is 11.3. The minimum atomic E-state index is -0.578. The average Bonchev–Trinajstić information content (AvgIpc) is 3.69. The average molecular weight is 604 g/mol. The number of ether oxygens (including phenoxy) is 1. The molecule has 4 amide bonds. The smallest absolute Gasteiger partial charge is 0.319 e. The Balaban J connectivity index is 1.08. The van der Waals surface area contributed by atoms with Crippen LogP contribution in [0.4, 0.5) is 19.7 Å². The summed E-state index contributed by atoms with van der Waals surface area (Å²) in [6.07, 6.45) is 7.33. The highest BCUT2D eigenvalue weighted by Gasteiger charge is 2.23. The summed E-state index contributed by atoms with van der Waals surface area (Å²) in [6, 6.07) is 12.1.